The van der Waals surface area contributed by atoms with Gasteiger partial charge in [0, 0.05) is 17.0 Å². The molecule has 112 valence electrons. The molecular weight excluding hydrogens is 324 g/mol. The Balaban J connectivity index is 1.73. The van der Waals surface area contributed by atoms with Gasteiger partial charge in [0.15, 0.2) is 5.11 Å². The number of carbonyl (C=O) groups excluding carboxylic acids is 2. The summed E-state index contributed by atoms with van der Waals surface area (Å²) in [6, 6.07) is 7.25. The molecule has 1 fully saturated rings. The van der Waals surface area contributed by atoms with Crippen LogP contribution < -0.4 is 10.6 Å². The molecule has 0 saturated carbocycles. The van der Waals surface area contributed by atoms with Gasteiger partial charge in [0.2, 0.25) is 0 Å². The van der Waals surface area contributed by atoms with Crippen molar-refractivity contribution >= 4 is 46.5 Å². The highest BCUT2D eigenvalue weighted by Crippen LogP contribution is 2.28. The molecule has 2 aliphatic rings. The maximum absolute atomic E-state index is 11.8. The largest absolute Gasteiger partial charge is 0.486 e. The van der Waals surface area contributed by atoms with Crippen molar-refractivity contribution in [1.82, 2.24) is 10.6 Å². The summed E-state index contributed by atoms with van der Waals surface area (Å²) in [7, 11) is 0. The number of amides is 2. The Kier molecular flexibility index (Phi) is 3.96. The van der Waals surface area contributed by atoms with Crippen LogP contribution in [0, 0.1) is 0 Å². The van der Waals surface area contributed by atoms with E-state index in [2.05, 4.69) is 10.6 Å². The zero-order valence-electron chi connectivity index (χ0n) is 11.3. The number of rotatable bonds is 2. The van der Waals surface area contributed by atoms with Crippen molar-refractivity contribution in [3.8, 4) is 0 Å². The Hall–Kier alpha value is -2.18. The van der Waals surface area contributed by atoms with Crippen LogP contribution in [0.2, 0.25) is 5.02 Å². The van der Waals surface area contributed by atoms with Gasteiger partial charge in [-0.3, -0.25) is 20.2 Å². The fourth-order valence-electron chi connectivity index (χ4n) is 2.20. The topological polar surface area (TPSA) is 67.4 Å². The van der Waals surface area contributed by atoms with Crippen LogP contribution in [-0.4, -0.2) is 23.0 Å². The molecule has 5 nitrogen and oxygen atoms in total. The lowest BCUT2D eigenvalue weighted by Crippen LogP contribution is -2.51. The summed E-state index contributed by atoms with van der Waals surface area (Å²) in [6.45, 7) is 0. The molecule has 1 unspecified atom stereocenters. The van der Waals surface area contributed by atoms with Crippen LogP contribution in [0.1, 0.15) is 12.0 Å². The number of ether oxygens (including phenoxy) is 1. The summed E-state index contributed by atoms with van der Waals surface area (Å²) >= 11 is 10.6. The molecule has 0 aliphatic carbocycles. The third kappa shape index (κ3) is 3.03. The van der Waals surface area contributed by atoms with Crippen LogP contribution in [0.15, 0.2) is 42.0 Å². The molecule has 3 rings (SSSR count). The first-order valence-corrected chi connectivity index (χ1v) is 7.33. The summed E-state index contributed by atoms with van der Waals surface area (Å²) < 4.78 is 5.76. The summed E-state index contributed by atoms with van der Waals surface area (Å²) in [5, 5.41) is 5.44. The van der Waals surface area contributed by atoms with E-state index in [9.17, 15) is 9.59 Å². The van der Waals surface area contributed by atoms with Gasteiger partial charge in [-0.1, -0.05) is 11.6 Å². The normalized spacial score (nSPS) is 21.0. The molecule has 2 N–H and O–H groups in total. The van der Waals surface area contributed by atoms with Crippen LogP contribution >= 0.6 is 23.8 Å². The van der Waals surface area contributed by atoms with Crippen LogP contribution in [0.25, 0.3) is 5.76 Å². The van der Waals surface area contributed by atoms with Gasteiger partial charge in [-0.2, -0.15) is 0 Å². The molecule has 1 aromatic rings. The molecule has 0 radical (unpaired) electrons. The smallest absolute Gasteiger partial charge is 0.262 e. The lowest BCUT2D eigenvalue weighted by atomic mass is 10.1. The van der Waals surface area contributed by atoms with Gasteiger partial charge in [0.25, 0.3) is 11.8 Å². The zero-order chi connectivity index (χ0) is 15.7. The van der Waals surface area contributed by atoms with Crippen molar-refractivity contribution in [2.45, 2.75) is 12.5 Å². The van der Waals surface area contributed by atoms with Crippen molar-refractivity contribution in [1.29, 1.82) is 0 Å². The van der Waals surface area contributed by atoms with E-state index in [1.165, 1.54) is 6.08 Å². The lowest BCUT2D eigenvalue weighted by Gasteiger charge is -2.18. The number of hydrogen-bond acceptors (Lipinski definition) is 4. The Morgan fingerprint density at radius 3 is 2.45 bits per heavy atom. The monoisotopic (exact) mass is 334 g/mol. The molecule has 0 spiro atoms. The first-order valence-electron chi connectivity index (χ1n) is 6.54. The number of carbonyl (C=O) groups is 2. The van der Waals surface area contributed by atoms with Crippen molar-refractivity contribution in [2.75, 3.05) is 0 Å². The maximum Gasteiger partial charge on any atom is 0.262 e. The Bertz CT molecular complexity index is 703. The van der Waals surface area contributed by atoms with Crippen molar-refractivity contribution in [3.63, 3.8) is 0 Å². The van der Waals surface area contributed by atoms with E-state index in [0.717, 1.165) is 5.56 Å². The molecule has 1 aromatic carbocycles. The quantitative estimate of drug-likeness (QED) is 0.492. The molecule has 0 bridgehead atoms. The molecule has 2 heterocycles. The van der Waals surface area contributed by atoms with Gasteiger partial charge in [-0.15, -0.1) is 0 Å². The SMILES string of the molecule is O=C1NC(=S)NC(=O)C1=CC1CC=C(c2ccc(Cl)cc2)O1. The van der Waals surface area contributed by atoms with E-state index in [4.69, 9.17) is 28.6 Å². The number of thiocarbonyl (C=S) groups is 1. The third-order valence-electron chi connectivity index (χ3n) is 3.24. The molecule has 1 saturated heterocycles. The molecule has 1 atom stereocenters. The predicted molar refractivity (Wildman–Crippen MR) is 85.9 cm³/mol. The second-order valence-corrected chi connectivity index (χ2v) is 5.63. The van der Waals surface area contributed by atoms with Gasteiger partial charge in [-0.05, 0) is 48.6 Å². The summed E-state index contributed by atoms with van der Waals surface area (Å²) in [5.74, 6) is -0.333. The van der Waals surface area contributed by atoms with E-state index in [1.54, 1.807) is 12.1 Å². The van der Waals surface area contributed by atoms with E-state index in [-0.39, 0.29) is 16.8 Å². The lowest BCUT2D eigenvalue weighted by molar-refractivity contribution is -0.123. The molecule has 2 amide bonds. The Labute approximate surface area is 137 Å². The average molecular weight is 335 g/mol. The van der Waals surface area contributed by atoms with Crippen molar-refractivity contribution < 1.29 is 14.3 Å². The third-order valence-corrected chi connectivity index (χ3v) is 3.69. The van der Waals surface area contributed by atoms with Gasteiger partial charge < -0.3 is 4.74 Å². The molecule has 7 heteroatoms. The highest BCUT2D eigenvalue weighted by molar-refractivity contribution is 7.80. The second kappa shape index (κ2) is 5.90. The van der Waals surface area contributed by atoms with Crippen LogP contribution in [0.5, 0.6) is 0 Å². The summed E-state index contributed by atoms with van der Waals surface area (Å²) in [6.07, 6.45) is 3.62. The van der Waals surface area contributed by atoms with Crippen LogP contribution in [0.3, 0.4) is 0 Å². The summed E-state index contributed by atoms with van der Waals surface area (Å²) in [5.41, 5.74) is 0.897. The molecule has 2 aliphatic heterocycles. The zero-order valence-corrected chi connectivity index (χ0v) is 12.8. The first-order chi connectivity index (χ1) is 10.5. The molecule has 22 heavy (non-hydrogen) atoms. The Morgan fingerprint density at radius 2 is 1.82 bits per heavy atom. The molecule has 0 aromatic heterocycles. The number of hydrogen-bond donors (Lipinski definition) is 2. The fourth-order valence-corrected chi connectivity index (χ4v) is 2.51. The van der Waals surface area contributed by atoms with Crippen molar-refractivity contribution in [2.24, 2.45) is 0 Å². The first kappa shape index (κ1) is 14.7. The van der Waals surface area contributed by atoms with Crippen molar-refractivity contribution in [3.05, 3.63) is 52.6 Å². The maximum atomic E-state index is 11.8. The average Bonchev–Trinajstić information content (AvgIpc) is 2.92. The van der Waals surface area contributed by atoms with E-state index in [1.807, 2.05) is 18.2 Å². The highest BCUT2D eigenvalue weighted by Gasteiger charge is 2.28. The number of nitrogens with one attached hydrogen (secondary N) is 2. The standard InChI is InChI=1S/C15H11ClN2O3S/c16-9-3-1-8(2-4-9)12-6-5-10(21-12)7-11-13(19)17-15(22)18-14(11)20/h1-4,6-7,10H,5H2,(H2,17,18,19,20,22). The predicted octanol–water partition coefficient (Wildman–Crippen LogP) is 1.93. The highest BCUT2D eigenvalue weighted by atomic mass is 35.5. The fraction of sp³-hybridized carbons (Fsp3) is 0.133. The molecular formula is C15H11ClN2O3S. The number of benzene rings is 1. The minimum Gasteiger partial charge on any atom is -0.486 e. The van der Waals surface area contributed by atoms with E-state index < -0.39 is 11.8 Å². The van der Waals surface area contributed by atoms with Crippen LogP contribution in [0.4, 0.5) is 0 Å². The van der Waals surface area contributed by atoms with Gasteiger partial charge in [0.1, 0.15) is 17.4 Å². The van der Waals surface area contributed by atoms with Crippen LogP contribution in [-0.2, 0) is 14.3 Å². The van der Waals surface area contributed by atoms with Gasteiger partial charge in [0.05, 0.1) is 0 Å². The number of halogens is 1. The van der Waals surface area contributed by atoms with E-state index in [0.29, 0.717) is 17.2 Å². The Morgan fingerprint density at radius 1 is 1.18 bits per heavy atom. The minimum absolute atomic E-state index is 0.00403. The van der Waals surface area contributed by atoms with Gasteiger partial charge in [-0.25, -0.2) is 0 Å². The summed E-state index contributed by atoms with van der Waals surface area (Å²) in [4.78, 5) is 23.6. The minimum atomic E-state index is -0.516. The van der Waals surface area contributed by atoms with E-state index >= 15 is 0 Å². The second-order valence-electron chi connectivity index (χ2n) is 4.78. The van der Waals surface area contributed by atoms with Gasteiger partial charge >= 0.3 is 0 Å².